The molecular weight excluding hydrogens is 205 g/mol. The molecule has 1 saturated heterocycles. The maximum Gasteiger partial charge on any atom is 0.233 e. The van der Waals surface area contributed by atoms with Crippen LogP contribution in [0.2, 0.25) is 0 Å². The number of rotatable bonds is 0. The fraction of sp³-hybridized carbons (Fsp3) is 0.750. The SMILES string of the molecule is O=C1NCC[C@H]1I. The number of hydrogen-bond acceptors (Lipinski definition) is 1. The zero-order valence-corrected chi connectivity index (χ0v) is 5.94. The fourth-order valence-electron chi connectivity index (χ4n) is 0.564. The molecular formula is C4H6INO. The number of amides is 1. The lowest BCUT2D eigenvalue weighted by molar-refractivity contribution is -0.118. The van der Waals surface area contributed by atoms with Gasteiger partial charge in [0.05, 0.1) is 3.92 Å². The fourth-order valence-corrected chi connectivity index (χ4v) is 1.10. The lowest BCUT2D eigenvalue weighted by Crippen LogP contribution is -2.18. The Morgan fingerprint density at radius 1 is 1.86 bits per heavy atom. The zero-order chi connectivity index (χ0) is 5.28. The number of alkyl halides is 1. The topological polar surface area (TPSA) is 29.1 Å². The molecule has 0 unspecified atom stereocenters. The monoisotopic (exact) mass is 211 g/mol. The first kappa shape index (κ1) is 5.34. The molecule has 0 aliphatic carbocycles. The predicted molar refractivity (Wildman–Crippen MR) is 35.4 cm³/mol. The van der Waals surface area contributed by atoms with E-state index in [-0.39, 0.29) is 9.83 Å². The van der Waals surface area contributed by atoms with Gasteiger partial charge in [-0.2, -0.15) is 0 Å². The first-order valence-electron chi connectivity index (χ1n) is 2.22. The molecule has 7 heavy (non-hydrogen) atoms. The summed E-state index contributed by atoms with van der Waals surface area (Å²) in [4.78, 5) is 10.5. The van der Waals surface area contributed by atoms with Crippen molar-refractivity contribution in [1.29, 1.82) is 0 Å². The molecule has 0 saturated carbocycles. The highest BCUT2D eigenvalue weighted by molar-refractivity contribution is 14.1. The molecule has 1 aliphatic rings. The highest BCUT2D eigenvalue weighted by Gasteiger charge is 2.19. The average Bonchev–Trinajstić information content (AvgIpc) is 1.91. The minimum Gasteiger partial charge on any atom is -0.355 e. The summed E-state index contributed by atoms with van der Waals surface area (Å²) in [6.07, 6.45) is 0.999. The Morgan fingerprint density at radius 2 is 2.57 bits per heavy atom. The van der Waals surface area contributed by atoms with Gasteiger partial charge in [0.15, 0.2) is 0 Å². The van der Waals surface area contributed by atoms with E-state index >= 15 is 0 Å². The lowest BCUT2D eigenvalue weighted by Gasteiger charge is -1.88. The third kappa shape index (κ3) is 1.05. The molecule has 1 atom stereocenters. The summed E-state index contributed by atoms with van der Waals surface area (Å²) < 4.78 is 0.234. The standard InChI is InChI=1S/C4H6INO/c5-3-1-2-6-4(3)7/h3H,1-2H2,(H,6,7)/t3-/m1/s1. The maximum atomic E-state index is 10.5. The van der Waals surface area contributed by atoms with E-state index in [9.17, 15) is 4.79 Å². The quantitative estimate of drug-likeness (QED) is 0.453. The van der Waals surface area contributed by atoms with Crippen LogP contribution in [0.15, 0.2) is 0 Å². The highest BCUT2D eigenvalue weighted by Crippen LogP contribution is 2.09. The largest absolute Gasteiger partial charge is 0.355 e. The molecule has 0 spiro atoms. The summed E-state index contributed by atoms with van der Waals surface area (Å²) in [5.41, 5.74) is 0. The first-order valence-corrected chi connectivity index (χ1v) is 3.47. The summed E-state index contributed by atoms with van der Waals surface area (Å²) in [6, 6.07) is 0. The van der Waals surface area contributed by atoms with Gasteiger partial charge >= 0.3 is 0 Å². The van der Waals surface area contributed by atoms with E-state index in [2.05, 4.69) is 27.9 Å². The minimum absolute atomic E-state index is 0.195. The first-order chi connectivity index (χ1) is 3.30. The van der Waals surface area contributed by atoms with Gasteiger partial charge < -0.3 is 5.32 Å². The van der Waals surface area contributed by atoms with Gasteiger partial charge in [0.1, 0.15) is 0 Å². The van der Waals surface area contributed by atoms with E-state index in [1.54, 1.807) is 0 Å². The molecule has 2 nitrogen and oxygen atoms in total. The molecule has 0 radical (unpaired) electrons. The van der Waals surface area contributed by atoms with Gasteiger partial charge in [0.2, 0.25) is 5.91 Å². The van der Waals surface area contributed by atoms with E-state index in [1.165, 1.54) is 0 Å². The minimum atomic E-state index is 0.195. The van der Waals surface area contributed by atoms with Gasteiger partial charge in [-0.1, -0.05) is 22.6 Å². The van der Waals surface area contributed by atoms with Gasteiger partial charge in [-0.3, -0.25) is 4.79 Å². The number of carbonyl (C=O) groups is 1. The van der Waals surface area contributed by atoms with Crippen molar-refractivity contribution in [1.82, 2.24) is 5.32 Å². The van der Waals surface area contributed by atoms with E-state index < -0.39 is 0 Å². The Morgan fingerprint density at radius 3 is 2.71 bits per heavy atom. The van der Waals surface area contributed by atoms with E-state index in [0.717, 1.165) is 13.0 Å². The molecule has 40 valence electrons. The van der Waals surface area contributed by atoms with Crippen LogP contribution in [0.3, 0.4) is 0 Å². The van der Waals surface area contributed by atoms with Gasteiger partial charge in [-0.05, 0) is 6.42 Å². The van der Waals surface area contributed by atoms with Crippen LogP contribution in [0.5, 0.6) is 0 Å². The van der Waals surface area contributed by atoms with Crippen molar-refractivity contribution in [2.75, 3.05) is 6.54 Å². The summed E-state index contributed by atoms with van der Waals surface area (Å²) >= 11 is 2.15. The second-order valence-corrected chi connectivity index (χ2v) is 3.05. The highest BCUT2D eigenvalue weighted by atomic mass is 127. The average molecular weight is 211 g/mol. The van der Waals surface area contributed by atoms with Crippen LogP contribution in [0, 0.1) is 0 Å². The van der Waals surface area contributed by atoms with Crippen molar-refractivity contribution in [2.45, 2.75) is 10.3 Å². The van der Waals surface area contributed by atoms with Crippen molar-refractivity contribution in [3.05, 3.63) is 0 Å². The Bertz CT molecular complexity index is 93.7. The third-order valence-electron chi connectivity index (χ3n) is 0.982. The van der Waals surface area contributed by atoms with Gasteiger partial charge in [-0.15, -0.1) is 0 Å². The zero-order valence-electron chi connectivity index (χ0n) is 3.78. The van der Waals surface area contributed by atoms with Crippen molar-refractivity contribution in [3.8, 4) is 0 Å². The van der Waals surface area contributed by atoms with E-state index in [4.69, 9.17) is 0 Å². The van der Waals surface area contributed by atoms with Crippen LogP contribution in [0.25, 0.3) is 0 Å². The summed E-state index contributed by atoms with van der Waals surface area (Å²) in [6.45, 7) is 0.867. The van der Waals surface area contributed by atoms with Crippen molar-refractivity contribution in [3.63, 3.8) is 0 Å². The molecule has 0 aromatic rings. The molecule has 0 bridgehead atoms. The molecule has 1 heterocycles. The molecule has 0 aromatic carbocycles. The second-order valence-electron chi connectivity index (χ2n) is 1.55. The normalized spacial score (nSPS) is 30.4. The summed E-state index contributed by atoms with van der Waals surface area (Å²) in [7, 11) is 0. The van der Waals surface area contributed by atoms with Crippen LogP contribution in [0.1, 0.15) is 6.42 Å². The van der Waals surface area contributed by atoms with Crippen LogP contribution < -0.4 is 5.32 Å². The Kier molecular flexibility index (Phi) is 1.51. The number of hydrogen-bond donors (Lipinski definition) is 1. The van der Waals surface area contributed by atoms with Crippen molar-refractivity contribution >= 4 is 28.5 Å². The molecule has 1 N–H and O–H groups in total. The van der Waals surface area contributed by atoms with Crippen LogP contribution in [0.4, 0.5) is 0 Å². The number of carbonyl (C=O) groups excluding carboxylic acids is 1. The summed E-state index contributed by atoms with van der Waals surface area (Å²) in [5, 5.41) is 2.72. The van der Waals surface area contributed by atoms with E-state index in [0.29, 0.717) is 0 Å². The van der Waals surface area contributed by atoms with Gasteiger partial charge in [0.25, 0.3) is 0 Å². The van der Waals surface area contributed by atoms with Gasteiger partial charge in [0, 0.05) is 6.54 Å². The molecule has 1 amide bonds. The molecule has 1 fully saturated rings. The Hall–Kier alpha value is 0.200. The lowest BCUT2D eigenvalue weighted by atomic mass is 10.4. The second kappa shape index (κ2) is 1.98. The smallest absolute Gasteiger partial charge is 0.233 e. The molecule has 0 aromatic heterocycles. The predicted octanol–water partition coefficient (Wildman–Crippen LogP) is 0.310. The van der Waals surface area contributed by atoms with Crippen molar-refractivity contribution < 1.29 is 4.79 Å². The van der Waals surface area contributed by atoms with Crippen LogP contribution in [-0.4, -0.2) is 16.4 Å². The Balaban J connectivity index is 2.48. The van der Waals surface area contributed by atoms with Crippen molar-refractivity contribution in [2.24, 2.45) is 0 Å². The molecule has 1 aliphatic heterocycles. The molecule has 1 rings (SSSR count). The van der Waals surface area contributed by atoms with Crippen LogP contribution >= 0.6 is 22.6 Å². The number of halogens is 1. The van der Waals surface area contributed by atoms with Crippen LogP contribution in [-0.2, 0) is 4.79 Å². The molecule has 3 heteroatoms. The third-order valence-corrected chi connectivity index (χ3v) is 2.17. The van der Waals surface area contributed by atoms with Gasteiger partial charge in [-0.25, -0.2) is 0 Å². The summed E-state index contributed by atoms with van der Waals surface area (Å²) in [5.74, 6) is 0.195. The Labute approximate surface area is 55.8 Å². The van der Waals surface area contributed by atoms with E-state index in [1.807, 2.05) is 0 Å². The number of nitrogens with one attached hydrogen (secondary N) is 1. The maximum absolute atomic E-state index is 10.5.